The van der Waals surface area contributed by atoms with Gasteiger partial charge in [0.2, 0.25) is 0 Å². The van der Waals surface area contributed by atoms with Crippen molar-refractivity contribution >= 4 is 0 Å². The predicted molar refractivity (Wildman–Crippen MR) is 62.5 cm³/mol. The van der Waals surface area contributed by atoms with Crippen LogP contribution in [-0.2, 0) is 0 Å². The van der Waals surface area contributed by atoms with E-state index in [2.05, 4.69) is 13.8 Å². The molecule has 0 aromatic rings. The molecule has 0 radical (unpaired) electrons. The quantitative estimate of drug-likeness (QED) is 0.736. The molecule has 0 heterocycles. The highest BCUT2D eigenvalue weighted by atomic mass is 16.3. The molecule has 2 aliphatic rings. The first-order chi connectivity index (χ1) is 6.99. The molecule has 3 N–H and O–H groups in total. The monoisotopic (exact) mass is 211 g/mol. The van der Waals surface area contributed by atoms with E-state index in [1.165, 1.54) is 38.5 Å². The molecule has 0 bridgehead atoms. The zero-order valence-electron chi connectivity index (χ0n) is 10.2. The van der Waals surface area contributed by atoms with Gasteiger partial charge in [-0.1, -0.05) is 20.3 Å². The number of hydrogen-bond donors (Lipinski definition) is 2. The molecule has 88 valence electrons. The minimum Gasteiger partial charge on any atom is -0.396 e. The Kier molecular flexibility index (Phi) is 2.63. The molecule has 0 aromatic heterocycles. The van der Waals surface area contributed by atoms with Crippen LogP contribution in [-0.4, -0.2) is 18.3 Å². The fourth-order valence-electron chi connectivity index (χ4n) is 3.62. The van der Waals surface area contributed by atoms with E-state index in [1.807, 2.05) is 0 Å². The summed E-state index contributed by atoms with van der Waals surface area (Å²) < 4.78 is 0. The third-order valence-corrected chi connectivity index (χ3v) is 5.16. The van der Waals surface area contributed by atoms with Crippen LogP contribution in [0.3, 0.4) is 0 Å². The maximum absolute atomic E-state index is 9.52. The zero-order valence-corrected chi connectivity index (χ0v) is 10.2. The van der Waals surface area contributed by atoms with Crippen molar-refractivity contribution in [2.45, 2.75) is 52.4 Å². The van der Waals surface area contributed by atoms with E-state index in [1.54, 1.807) is 0 Å². The van der Waals surface area contributed by atoms with Crippen LogP contribution >= 0.6 is 0 Å². The Balaban J connectivity index is 2.07. The van der Waals surface area contributed by atoms with Crippen molar-refractivity contribution in [1.82, 2.24) is 0 Å². The van der Waals surface area contributed by atoms with Crippen molar-refractivity contribution in [2.24, 2.45) is 22.0 Å². The Labute approximate surface area is 93.2 Å². The largest absolute Gasteiger partial charge is 0.396 e. The highest BCUT2D eigenvalue weighted by Crippen LogP contribution is 2.70. The first-order valence-electron chi connectivity index (χ1n) is 6.30. The molecule has 2 saturated carbocycles. The van der Waals surface area contributed by atoms with E-state index in [4.69, 9.17) is 5.73 Å². The van der Waals surface area contributed by atoms with Crippen molar-refractivity contribution in [3.8, 4) is 0 Å². The number of nitrogens with two attached hydrogens (primary N) is 1. The SMILES string of the molecule is CC1(C)CCCC2(CC1)CC2(CN)CO. The van der Waals surface area contributed by atoms with E-state index >= 15 is 0 Å². The average Bonchev–Trinajstić information content (AvgIpc) is 2.87. The number of rotatable bonds is 2. The highest BCUT2D eigenvalue weighted by molar-refractivity contribution is 5.15. The lowest BCUT2D eigenvalue weighted by Gasteiger charge is -2.24. The Morgan fingerprint density at radius 1 is 1.13 bits per heavy atom. The van der Waals surface area contributed by atoms with E-state index in [0.29, 0.717) is 24.0 Å². The Morgan fingerprint density at radius 2 is 1.87 bits per heavy atom. The first-order valence-corrected chi connectivity index (χ1v) is 6.30. The topological polar surface area (TPSA) is 46.2 Å². The molecule has 2 atom stereocenters. The number of aliphatic hydroxyl groups excluding tert-OH is 1. The van der Waals surface area contributed by atoms with E-state index in [-0.39, 0.29) is 5.41 Å². The summed E-state index contributed by atoms with van der Waals surface area (Å²) in [6.45, 7) is 5.71. The summed E-state index contributed by atoms with van der Waals surface area (Å²) in [5.74, 6) is 0. The van der Waals surface area contributed by atoms with Crippen molar-refractivity contribution in [3.63, 3.8) is 0 Å². The summed E-state index contributed by atoms with van der Waals surface area (Å²) in [6, 6.07) is 0. The molecule has 15 heavy (non-hydrogen) atoms. The summed E-state index contributed by atoms with van der Waals surface area (Å²) in [5.41, 5.74) is 6.84. The molecule has 0 saturated heterocycles. The summed E-state index contributed by atoms with van der Waals surface area (Å²) in [5, 5.41) is 9.52. The Morgan fingerprint density at radius 3 is 2.40 bits per heavy atom. The summed E-state index contributed by atoms with van der Waals surface area (Å²) in [7, 11) is 0. The fourth-order valence-corrected chi connectivity index (χ4v) is 3.62. The lowest BCUT2D eigenvalue weighted by molar-refractivity contribution is 0.163. The molecule has 2 heteroatoms. The van der Waals surface area contributed by atoms with Crippen molar-refractivity contribution in [1.29, 1.82) is 0 Å². The second-order valence-corrected chi connectivity index (χ2v) is 6.62. The standard InChI is InChI=1S/C13H25NO/c1-11(2)4-3-5-12(7-6-11)8-13(12,9-14)10-15/h15H,3-10,14H2,1-2H3. The summed E-state index contributed by atoms with van der Waals surface area (Å²) >= 11 is 0. The van der Waals surface area contributed by atoms with E-state index in [9.17, 15) is 5.11 Å². The Bertz CT molecular complexity index is 245. The normalized spacial score (nSPS) is 44.0. The van der Waals surface area contributed by atoms with Crippen LogP contribution in [0.15, 0.2) is 0 Å². The minimum absolute atomic E-state index is 0.0907. The van der Waals surface area contributed by atoms with Crippen LogP contribution in [0.1, 0.15) is 52.4 Å². The predicted octanol–water partition coefficient (Wildman–Crippen LogP) is 2.30. The lowest BCUT2D eigenvalue weighted by Crippen LogP contribution is -2.27. The fraction of sp³-hybridized carbons (Fsp3) is 1.00. The third kappa shape index (κ3) is 1.72. The van der Waals surface area contributed by atoms with Gasteiger partial charge in [-0.3, -0.25) is 0 Å². The summed E-state index contributed by atoms with van der Waals surface area (Å²) in [4.78, 5) is 0. The van der Waals surface area contributed by atoms with Crippen molar-refractivity contribution in [3.05, 3.63) is 0 Å². The minimum atomic E-state index is 0.0907. The van der Waals surface area contributed by atoms with Crippen LogP contribution in [0, 0.1) is 16.2 Å². The van der Waals surface area contributed by atoms with Gasteiger partial charge >= 0.3 is 0 Å². The van der Waals surface area contributed by atoms with Crippen molar-refractivity contribution in [2.75, 3.05) is 13.2 Å². The van der Waals surface area contributed by atoms with E-state index < -0.39 is 0 Å². The van der Waals surface area contributed by atoms with Gasteiger partial charge in [-0.15, -0.1) is 0 Å². The van der Waals surface area contributed by atoms with Crippen LogP contribution in [0.5, 0.6) is 0 Å². The molecule has 2 nitrogen and oxygen atoms in total. The smallest absolute Gasteiger partial charge is 0.0505 e. The van der Waals surface area contributed by atoms with Crippen molar-refractivity contribution < 1.29 is 5.11 Å². The van der Waals surface area contributed by atoms with Gasteiger partial charge in [0.25, 0.3) is 0 Å². The number of aliphatic hydroxyl groups is 1. The van der Waals surface area contributed by atoms with Gasteiger partial charge in [0.15, 0.2) is 0 Å². The van der Waals surface area contributed by atoms with Gasteiger partial charge in [0.1, 0.15) is 0 Å². The van der Waals surface area contributed by atoms with Gasteiger partial charge < -0.3 is 10.8 Å². The van der Waals surface area contributed by atoms with E-state index in [0.717, 1.165) is 0 Å². The molecular weight excluding hydrogens is 186 g/mol. The molecule has 2 fully saturated rings. The molecule has 1 spiro atoms. The van der Waals surface area contributed by atoms with Gasteiger partial charge in [0.05, 0.1) is 6.61 Å². The molecule has 0 aromatic carbocycles. The summed E-state index contributed by atoms with van der Waals surface area (Å²) in [6.07, 6.45) is 7.68. The highest BCUT2D eigenvalue weighted by Gasteiger charge is 2.65. The molecule has 2 rings (SSSR count). The third-order valence-electron chi connectivity index (χ3n) is 5.16. The van der Waals surface area contributed by atoms with Crippen LogP contribution in [0.2, 0.25) is 0 Å². The Hall–Kier alpha value is -0.0800. The molecule has 2 aliphatic carbocycles. The average molecular weight is 211 g/mol. The lowest BCUT2D eigenvalue weighted by atomic mass is 9.82. The molecular formula is C13H25NO. The van der Waals surface area contributed by atoms with Crippen LogP contribution in [0.4, 0.5) is 0 Å². The molecule has 2 unspecified atom stereocenters. The maximum atomic E-state index is 9.52. The first kappa shape index (κ1) is 11.4. The van der Waals surface area contributed by atoms with Gasteiger partial charge in [-0.2, -0.15) is 0 Å². The van der Waals surface area contributed by atoms with Gasteiger partial charge in [-0.25, -0.2) is 0 Å². The number of hydrogen-bond acceptors (Lipinski definition) is 2. The van der Waals surface area contributed by atoms with Gasteiger partial charge in [0, 0.05) is 12.0 Å². The maximum Gasteiger partial charge on any atom is 0.0505 e. The molecule has 0 aliphatic heterocycles. The zero-order chi connectivity index (χ0) is 11.2. The van der Waals surface area contributed by atoms with Crippen LogP contribution in [0.25, 0.3) is 0 Å². The van der Waals surface area contributed by atoms with Crippen LogP contribution < -0.4 is 5.73 Å². The second-order valence-electron chi connectivity index (χ2n) is 6.62. The van der Waals surface area contributed by atoms with Gasteiger partial charge in [-0.05, 0) is 42.9 Å². The molecule has 0 amide bonds. The second kappa shape index (κ2) is 3.46.